The lowest BCUT2D eigenvalue weighted by Crippen LogP contribution is -2.30. The first-order valence-corrected chi connectivity index (χ1v) is 10.2. The molecule has 1 heterocycles. The van der Waals surface area contributed by atoms with E-state index in [1.165, 1.54) is 19.9 Å². The Balaban J connectivity index is 1.60. The van der Waals surface area contributed by atoms with Gasteiger partial charge in [-0.2, -0.15) is 0 Å². The predicted octanol–water partition coefficient (Wildman–Crippen LogP) is 4.50. The Morgan fingerprint density at radius 1 is 0.727 bits per heavy atom. The molecule has 1 aliphatic rings. The number of benzene rings is 3. The van der Waals surface area contributed by atoms with Crippen LogP contribution in [0.4, 0.5) is 17.1 Å². The first kappa shape index (κ1) is 21.8. The number of nitrogens with zero attached hydrogens (tertiary/aromatic N) is 1. The standard InChI is InChI=1S/C25H21N3O5/c1-14-4-5-18(27-16(3)30)12-23(14)28-24(31)21-11-10-20(13-22(21)25(28)32)33-19-8-6-17(7-9-19)26-15(2)29/h4-13H,1-3H3,(H,26,29)(H,27,30). The molecule has 0 atom stereocenters. The minimum absolute atomic E-state index is 0.173. The van der Waals surface area contributed by atoms with E-state index in [1.54, 1.807) is 61.5 Å². The van der Waals surface area contributed by atoms with Crippen LogP contribution >= 0.6 is 0 Å². The van der Waals surface area contributed by atoms with E-state index in [4.69, 9.17) is 4.74 Å². The van der Waals surface area contributed by atoms with Crippen LogP contribution in [0.15, 0.2) is 60.7 Å². The Morgan fingerprint density at radius 3 is 1.97 bits per heavy atom. The number of carbonyl (C=O) groups excluding carboxylic acids is 4. The van der Waals surface area contributed by atoms with Crippen molar-refractivity contribution in [2.75, 3.05) is 15.5 Å². The highest BCUT2D eigenvalue weighted by Gasteiger charge is 2.37. The molecule has 0 aliphatic carbocycles. The van der Waals surface area contributed by atoms with Crippen molar-refractivity contribution in [1.82, 2.24) is 0 Å². The van der Waals surface area contributed by atoms with Crippen LogP contribution in [0.5, 0.6) is 11.5 Å². The van der Waals surface area contributed by atoms with E-state index < -0.39 is 11.8 Å². The van der Waals surface area contributed by atoms with Crippen LogP contribution in [-0.4, -0.2) is 23.6 Å². The van der Waals surface area contributed by atoms with E-state index in [0.29, 0.717) is 34.1 Å². The fourth-order valence-corrected chi connectivity index (χ4v) is 3.58. The summed E-state index contributed by atoms with van der Waals surface area (Å²) in [5, 5.41) is 5.34. The number of anilines is 3. The van der Waals surface area contributed by atoms with Gasteiger partial charge in [0.1, 0.15) is 11.5 Å². The van der Waals surface area contributed by atoms with Crippen molar-refractivity contribution in [2.24, 2.45) is 0 Å². The second-order valence-electron chi connectivity index (χ2n) is 7.64. The quantitative estimate of drug-likeness (QED) is 0.565. The van der Waals surface area contributed by atoms with Crippen LogP contribution in [0.1, 0.15) is 40.1 Å². The molecule has 0 spiro atoms. The summed E-state index contributed by atoms with van der Waals surface area (Å²) in [6.45, 7) is 4.60. The van der Waals surface area contributed by atoms with Gasteiger partial charge in [-0.15, -0.1) is 0 Å². The number of fused-ring (bicyclic) bond motifs is 1. The van der Waals surface area contributed by atoms with Gasteiger partial charge in [0.25, 0.3) is 11.8 Å². The zero-order valence-corrected chi connectivity index (χ0v) is 18.3. The lowest BCUT2D eigenvalue weighted by atomic mass is 10.1. The number of hydrogen-bond acceptors (Lipinski definition) is 5. The Hall–Kier alpha value is -4.46. The molecule has 4 amide bonds. The van der Waals surface area contributed by atoms with Crippen molar-refractivity contribution < 1.29 is 23.9 Å². The molecule has 0 radical (unpaired) electrons. The summed E-state index contributed by atoms with van der Waals surface area (Å²) >= 11 is 0. The molecule has 8 heteroatoms. The van der Waals surface area contributed by atoms with Gasteiger partial charge in [0, 0.05) is 25.2 Å². The molecule has 0 aromatic heterocycles. The van der Waals surface area contributed by atoms with E-state index in [2.05, 4.69) is 10.6 Å². The lowest BCUT2D eigenvalue weighted by Gasteiger charge is -2.18. The molecule has 33 heavy (non-hydrogen) atoms. The van der Waals surface area contributed by atoms with Gasteiger partial charge in [-0.3, -0.25) is 19.2 Å². The van der Waals surface area contributed by atoms with Crippen LogP contribution in [0.3, 0.4) is 0 Å². The molecule has 3 aromatic rings. The fourth-order valence-electron chi connectivity index (χ4n) is 3.58. The van der Waals surface area contributed by atoms with E-state index in [0.717, 1.165) is 4.90 Å². The minimum atomic E-state index is -0.468. The van der Waals surface area contributed by atoms with Crippen molar-refractivity contribution in [2.45, 2.75) is 20.8 Å². The Labute approximate surface area is 190 Å². The minimum Gasteiger partial charge on any atom is -0.457 e. The van der Waals surface area contributed by atoms with E-state index in [-0.39, 0.29) is 22.9 Å². The van der Waals surface area contributed by atoms with E-state index in [9.17, 15) is 19.2 Å². The molecule has 166 valence electrons. The number of amides is 4. The third-order valence-electron chi connectivity index (χ3n) is 5.04. The number of aryl methyl sites for hydroxylation is 1. The van der Waals surface area contributed by atoms with Gasteiger partial charge < -0.3 is 15.4 Å². The van der Waals surface area contributed by atoms with Gasteiger partial charge in [-0.25, -0.2) is 4.90 Å². The van der Waals surface area contributed by atoms with Crippen LogP contribution in [0, 0.1) is 6.92 Å². The SMILES string of the molecule is CC(=O)Nc1ccc(Oc2ccc3c(c2)C(=O)N(c2cc(NC(C)=O)ccc2C)C3=O)cc1. The van der Waals surface area contributed by atoms with Crippen molar-refractivity contribution in [3.8, 4) is 11.5 Å². The normalized spacial score (nSPS) is 12.4. The molecular weight excluding hydrogens is 422 g/mol. The molecular formula is C25H21N3O5. The summed E-state index contributed by atoms with van der Waals surface area (Å²) in [6.07, 6.45) is 0. The molecule has 1 aliphatic heterocycles. The monoisotopic (exact) mass is 443 g/mol. The summed E-state index contributed by atoms with van der Waals surface area (Å²) < 4.78 is 5.83. The first-order valence-electron chi connectivity index (χ1n) is 10.2. The number of ether oxygens (including phenoxy) is 1. The van der Waals surface area contributed by atoms with Crippen molar-refractivity contribution in [3.05, 3.63) is 77.4 Å². The maximum absolute atomic E-state index is 13.2. The van der Waals surface area contributed by atoms with E-state index >= 15 is 0 Å². The van der Waals surface area contributed by atoms with E-state index in [1.807, 2.05) is 0 Å². The van der Waals surface area contributed by atoms with Crippen LogP contribution in [-0.2, 0) is 9.59 Å². The third-order valence-corrected chi connectivity index (χ3v) is 5.04. The Bertz CT molecular complexity index is 1300. The fraction of sp³-hybridized carbons (Fsp3) is 0.120. The van der Waals surface area contributed by atoms with Gasteiger partial charge in [0.15, 0.2) is 0 Å². The third kappa shape index (κ3) is 4.45. The van der Waals surface area contributed by atoms with Gasteiger partial charge in [0.2, 0.25) is 11.8 Å². The second-order valence-corrected chi connectivity index (χ2v) is 7.64. The average Bonchev–Trinajstić information content (AvgIpc) is 3.00. The molecule has 3 aromatic carbocycles. The molecule has 2 N–H and O–H groups in total. The Morgan fingerprint density at radius 2 is 1.30 bits per heavy atom. The van der Waals surface area contributed by atoms with Gasteiger partial charge >= 0.3 is 0 Å². The van der Waals surface area contributed by atoms with Gasteiger partial charge in [0.05, 0.1) is 16.8 Å². The van der Waals surface area contributed by atoms with Gasteiger partial charge in [-0.05, 0) is 67.1 Å². The summed E-state index contributed by atoms with van der Waals surface area (Å²) in [4.78, 5) is 49.9. The Kier molecular flexibility index (Phi) is 5.66. The number of rotatable bonds is 5. The highest BCUT2D eigenvalue weighted by atomic mass is 16.5. The van der Waals surface area contributed by atoms with Crippen molar-refractivity contribution in [1.29, 1.82) is 0 Å². The highest BCUT2D eigenvalue weighted by Crippen LogP contribution is 2.35. The molecule has 8 nitrogen and oxygen atoms in total. The van der Waals surface area contributed by atoms with Crippen molar-refractivity contribution in [3.63, 3.8) is 0 Å². The molecule has 0 saturated carbocycles. The largest absolute Gasteiger partial charge is 0.457 e. The first-order chi connectivity index (χ1) is 15.7. The lowest BCUT2D eigenvalue weighted by molar-refractivity contribution is -0.115. The predicted molar refractivity (Wildman–Crippen MR) is 124 cm³/mol. The number of hydrogen-bond donors (Lipinski definition) is 2. The molecule has 0 fully saturated rings. The smallest absolute Gasteiger partial charge is 0.266 e. The van der Waals surface area contributed by atoms with Crippen LogP contribution in [0.25, 0.3) is 0 Å². The zero-order chi connectivity index (χ0) is 23.7. The maximum Gasteiger partial charge on any atom is 0.266 e. The molecule has 0 saturated heterocycles. The molecule has 0 bridgehead atoms. The maximum atomic E-state index is 13.2. The average molecular weight is 443 g/mol. The molecule has 0 unspecified atom stereocenters. The number of nitrogens with one attached hydrogen (secondary N) is 2. The molecule has 4 rings (SSSR count). The van der Waals surface area contributed by atoms with Crippen molar-refractivity contribution >= 4 is 40.7 Å². The zero-order valence-electron chi connectivity index (χ0n) is 18.3. The summed E-state index contributed by atoms with van der Waals surface area (Å²) in [5.74, 6) is -0.426. The number of imide groups is 1. The van der Waals surface area contributed by atoms with Crippen LogP contribution in [0.2, 0.25) is 0 Å². The number of carbonyl (C=O) groups is 4. The summed E-state index contributed by atoms with van der Waals surface area (Å²) in [5.41, 5.74) is 2.76. The second kappa shape index (κ2) is 8.58. The van der Waals surface area contributed by atoms with Gasteiger partial charge in [-0.1, -0.05) is 6.07 Å². The summed E-state index contributed by atoms with van der Waals surface area (Å²) in [6, 6.07) is 16.5. The summed E-state index contributed by atoms with van der Waals surface area (Å²) in [7, 11) is 0. The topological polar surface area (TPSA) is 105 Å². The highest BCUT2D eigenvalue weighted by molar-refractivity contribution is 6.34. The van der Waals surface area contributed by atoms with Crippen LogP contribution < -0.4 is 20.3 Å².